The number of hydrogen-bond acceptors (Lipinski definition) is 1. The molecule has 0 spiro atoms. The first-order valence-electron chi connectivity index (χ1n) is 4.57. The molecule has 0 saturated heterocycles. The summed E-state index contributed by atoms with van der Waals surface area (Å²) >= 11 is 0. The van der Waals surface area contributed by atoms with E-state index in [1.807, 2.05) is 25.6 Å². The second-order valence-electron chi connectivity index (χ2n) is 3.42. The van der Waals surface area contributed by atoms with Crippen molar-refractivity contribution in [3.05, 3.63) is 36.8 Å². The van der Waals surface area contributed by atoms with Crippen molar-refractivity contribution in [3.63, 3.8) is 0 Å². The zero-order valence-corrected chi connectivity index (χ0v) is 7.86. The Kier molecular flexibility index (Phi) is 1.36. The highest BCUT2D eigenvalue weighted by Gasteiger charge is 2.10. The first kappa shape index (κ1) is 7.50. The van der Waals surface area contributed by atoms with Crippen molar-refractivity contribution in [2.24, 2.45) is 7.05 Å². The van der Waals surface area contributed by atoms with Gasteiger partial charge in [0, 0.05) is 11.6 Å². The SMILES string of the molecule is C[n+]1c[nH]c2ccc3cccnc3c21. The number of imidazole rings is 1. The normalized spacial score (nSPS) is 11.2. The van der Waals surface area contributed by atoms with Gasteiger partial charge in [-0.3, -0.25) is 4.98 Å². The first-order valence-corrected chi connectivity index (χ1v) is 4.57. The molecule has 2 aromatic heterocycles. The smallest absolute Gasteiger partial charge is 0.242 e. The molecule has 3 aromatic rings. The van der Waals surface area contributed by atoms with Crippen molar-refractivity contribution in [2.45, 2.75) is 0 Å². The van der Waals surface area contributed by atoms with Gasteiger partial charge < -0.3 is 0 Å². The maximum Gasteiger partial charge on any atom is 0.242 e. The minimum Gasteiger partial charge on any atom is -0.252 e. The maximum absolute atomic E-state index is 4.40. The summed E-state index contributed by atoms with van der Waals surface area (Å²) < 4.78 is 2.06. The Bertz CT molecular complexity index is 610. The summed E-state index contributed by atoms with van der Waals surface area (Å²) in [5.74, 6) is 0. The number of pyridine rings is 1. The van der Waals surface area contributed by atoms with E-state index in [0.717, 1.165) is 16.6 Å². The molecule has 0 amide bonds. The van der Waals surface area contributed by atoms with Gasteiger partial charge >= 0.3 is 0 Å². The van der Waals surface area contributed by atoms with Gasteiger partial charge in [-0.25, -0.2) is 9.55 Å². The van der Waals surface area contributed by atoms with Crippen molar-refractivity contribution in [3.8, 4) is 0 Å². The maximum atomic E-state index is 4.40. The van der Waals surface area contributed by atoms with E-state index in [0.29, 0.717) is 0 Å². The van der Waals surface area contributed by atoms with Crippen LogP contribution in [0.15, 0.2) is 36.8 Å². The highest BCUT2D eigenvalue weighted by atomic mass is 15.0. The summed E-state index contributed by atoms with van der Waals surface area (Å²) in [5.41, 5.74) is 3.33. The van der Waals surface area contributed by atoms with Gasteiger partial charge in [0.1, 0.15) is 5.52 Å². The molecule has 1 N–H and O–H groups in total. The van der Waals surface area contributed by atoms with E-state index < -0.39 is 0 Å². The summed E-state index contributed by atoms with van der Waals surface area (Å²) in [6, 6.07) is 8.20. The van der Waals surface area contributed by atoms with Crippen LogP contribution in [0.5, 0.6) is 0 Å². The monoisotopic (exact) mass is 184 g/mol. The minimum absolute atomic E-state index is 1.05. The van der Waals surface area contributed by atoms with E-state index in [2.05, 4.69) is 32.7 Å². The molecule has 3 heteroatoms. The Labute approximate surface area is 81.0 Å². The van der Waals surface area contributed by atoms with Gasteiger partial charge in [-0.1, -0.05) is 6.07 Å². The molecular weight excluding hydrogens is 174 g/mol. The summed E-state index contributed by atoms with van der Waals surface area (Å²) in [4.78, 5) is 7.60. The van der Waals surface area contributed by atoms with Gasteiger partial charge in [0.05, 0.1) is 7.05 Å². The quantitative estimate of drug-likeness (QED) is 0.528. The van der Waals surface area contributed by atoms with E-state index in [4.69, 9.17) is 0 Å². The molecule has 0 radical (unpaired) electrons. The third-order valence-corrected chi connectivity index (χ3v) is 2.51. The van der Waals surface area contributed by atoms with Crippen LogP contribution in [0, 0.1) is 0 Å². The van der Waals surface area contributed by atoms with Gasteiger partial charge in [-0.05, 0) is 18.2 Å². The molecule has 0 aliphatic carbocycles. The number of fused-ring (bicyclic) bond motifs is 3. The highest BCUT2D eigenvalue weighted by Crippen LogP contribution is 2.18. The molecule has 0 bridgehead atoms. The minimum atomic E-state index is 1.05. The summed E-state index contributed by atoms with van der Waals surface area (Å²) in [6.45, 7) is 0. The zero-order valence-electron chi connectivity index (χ0n) is 7.86. The van der Waals surface area contributed by atoms with Crippen LogP contribution in [-0.4, -0.2) is 9.97 Å². The van der Waals surface area contributed by atoms with Crippen molar-refractivity contribution in [2.75, 3.05) is 0 Å². The van der Waals surface area contributed by atoms with E-state index in [1.165, 1.54) is 5.39 Å². The Morgan fingerprint density at radius 2 is 2.21 bits per heavy atom. The molecule has 14 heavy (non-hydrogen) atoms. The van der Waals surface area contributed by atoms with Crippen LogP contribution in [0.25, 0.3) is 21.9 Å². The van der Waals surface area contributed by atoms with Crippen LogP contribution in [0.2, 0.25) is 0 Å². The number of aromatic nitrogens is 3. The summed E-state index contributed by atoms with van der Waals surface area (Å²) in [6.07, 6.45) is 3.77. The lowest BCUT2D eigenvalue weighted by Gasteiger charge is -1.95. The van der Waals surface area contributed by atoms with Crippen molar-refractivity contribution < 1.29 is 4.57 Å². The zero-order chi connectivity index (χ0) is 9.54. The molecule has 1 aromatic carbocycles. The molecule has 0 aliphatic rings. The van der Waals surface area contributed by atoms with Gasteiger partial charge in [0.25, 0.3) is 0 Å². The Morgan fingerprint density at radius 1 is 1.29 bits per heavy atom. The lowest BCUT2D eigenvalue weighted by Crippen LogP contribution is -2.25. The number of nitrogens with one attached hydrogen (secondary N) is 1. The van der Waals surface area contributed by atoms with Crippen molar-refractivity contribution in [1.29, 1.82) is 0 Å². The van der Waals surface area contributed by atoms with Gasteiger partial charge in [-0.2, -0.15) is 0 Å². The molecule has 0 unspecified atom stereocenters. The number of aryl methyl sites for hydroxylation is 1. The van der Waals surface area contributed by atoms with E-state index in [1.54, 1.807) is 0 Å². The van der Waals surface area contributed by atoms with E-state index in [9.17, 15) is 0 Å². The molecule has 0 fully saturated rings. The number of aromatic amines is 1. The summed E-state index contributed by atoms with van der Waals surface area (Å²) in [5, 5.41) is 1.18. The Hall–Kier alpha value is -1.90. The molecule has 0 saturated carbocycles. The van der Waals surface area contributed by atoms with Crippen LogP contribution in [0.1, 0.15) is 0 Å². The van der Waals surface area contributed by atoms with E-state index >= 15 is 0 Å². The number of nitrogens with zero attached hydrogens (tertiary/aromatic N) is 2. The Balaban J connectivity index is 2.65. The second kappa shape index (κ2) is 2.54. The lowest BCUT2D eigenvalue weighted by atomic mass is 10.2. The number of benzene rings is 1. The number of hydrogen-bond donors (Lipinski definition) is 1. The predicted octanol–water partition coefficient (Wildman–Crippen LogP) is 1.54. The van der Waals surface area contributed by atoms with Crippen LogP contribution >= 0.6 is 0 Å². The predicted molar refractivity (Wildman–Crippen MR) is 54.8 cm³/mol. The molecule has 3 rings (SSSR count). The molecule has 2 heterocycles. The van der Waals surface area contributed by atoms with Crippen molar-refractivity contribution >= 4 is 21.9 Å². The third-order valence-electron chi connectivity index (χ3n) is 2.51. The fourth-order valence-corrected chi connectivity index (χ4v) is 1.83. The van der Waals surface area contributed by atoms with Crippen LogP contribution in [0.4, 0.5) is 0 Å². The molecule has 0 atom stereocenters. The van der Waals surface area contributed by atoms with Crippen LogP contribution in [0.3, 0.4) is 0 Å². The average molecular weight is 184 g/mol. The summed E-state index contributed by atoms with van der Waals surface area (Å²) in [7, 11) is 2.02. The van der Waals surface area contributed by atoms with E-state index in [-0.39, 0.29) is 0 Å². The van der Waals surface area contributed by atoms with Crippen LogP contribution < -0.4 is 4.57 Å². The average Bonchev–Trinajstić information content (AvgIpc) is 2.61. The first-order chi connectivity index (χ1) is 6.86. The third kappa shape index (κ3) is 0.865. The number of rotatable bonds is 0. The fraction of sp³-hybridized carbons (Fsp3) is 0.0909. The molecule has 0 aliphatic heterocycles. The van der Waals surface area contributed by atoms with Gasteiger partial charge in [0.2, 0.25) is 6.33 Å². The topological polar surface area (TPSA) is 32.6 Å². The molecule has 3 nitrogen and oxygen atoms in total. The molecule has 68 valence electrons. The largest absolute Gasteiger partial charge is 0.252 e. The fourth-order valence-electron chi connectivity index (χ4n) is 1.83. The van der Waals surface area contributed by atoms with Crippen molar-refractivity contribution in [1.82, 2.24) is 9.97 Å². The van der Waals surface area contributed by atoms with Gasteiger partial charge in [0.15, 0.2) is 11.0 Å². The molecular formula is C11H10N3+. The number of H-pyrrole nitrogens is 1. The van der Waals surface area contributed by atoms with Crippen LogP contribution in [-0.2, 0) is 7.05 Å². The second-order valence-corrected chi connectivity index (χ2v) is 3.42. The standard InChI is InChI=1S/C11H9N3/c1-14-7-13-9-5-4-8-3-2-6-12-10(8)11(9)14/h2-7H,1H3/p+1. The lowest BCUT2D eigenvalue weighted by molar-refractivity contribution is -0.644. The van der Waals surface area contributed by atoms with Gasteiger partial charge in [-0.15, -0.1) is 0 Å². The Morgan fingerprint density at radius 3 is 3.14 bits per heavy atom. The highest BCUT2D eigenvalue weighted by molar-refractivity contribution is 5.99.